The molecular formula is C29H30N2O5. The highest BCUT2D eigenvalue weighted by Gasteiger charge is 2.68. The lowest BCUT2D eigenvalue weighted by atomic mass is 9.75. The van der Waals surface area contributed by atoms with Crippen LogP contribution in [0.25, 0.3) is 0 Å². The molecular weight excluding hydrogens is 456 g/mol. The van der Waals surface area contributed by atoms with Crippen molar-refractivity contribution < 1.29 is 23.9 Å². The Labute approximate surface area is 210 Å². The van der Waals surface area contributed by atoms with E-state index in [-0.39, 0.29) is 32.1 Å². The van der Waals surface area contributed by atoms with Crippen molar-refractivity contribution in [3.63, 3.8) is 0 Å². The number of fused-ring (bicyclic) bond motifs is 1. The van der Waals surface area contributed by atoms with E-state index in [0.717, 1.165) is 16.7 Å². The normalized spacial score (nSPS) is 25.1. The molecule has 4 atom stereocenters. The molecule has 1 N–H and O–H groups in total. The molecule has 36 heavy (non-hydrogen) atoms. The van der Waals surface area contributed by atoms with Gasteiger partial charge in [-0.2, -0.15) is 5.48 Å². The topological polar surface area (TPSA) is 77.1 Å². The van der Waals surface area contributed by atoms with Gasteiger partial charge in [0.2, 0.25) is 5.91 Å². The third-order valence-electron chi connectivity index (χ3n) is 6.91. The van der Waals surface area contributed by atoms with Gasteiger partial charge < -0.3 is 14.4 Å². The van der Waals surface area contributed by atoms with Crippen LogP contribution in [0.2, 0.25) is 0 Å². The van der Waals surface area contributed by atoms with E-state index in [9.17, 15) is 9.59 Å². The Bertz CT molecular complexity index is 1170. The molecule has 0 aliphatic carbocycles. The Morgan fingerprint density at radius 2 is 1.58 bits per heavy atom. The molecule has 0 saturated carbocycles. The maximum Gasteiger partial charge on any atom is 0.323 e. The zero-order chi connectivity index (χ0) is 25.0. The van der Waals surface area contributed by atoms with Crippen molar-refractivity contribution in [3.8, 4) is 0 Å². The van der Waals surface area contributed by atoms with Gasteiger partial charge in [0, 0.05) is 5.56 Å². The first kappa shape index (κ1) is 24.2. The van der Waals surface area contributed by atoms with Crippen LogP contribution in [0.1, 0.15) is 29.8 Å². The number of ether oxygens (including phenoxy) is 2. The average Bonchev–Trinajstić information content (AvgIpc) is 3.44. The molecule has 0 aromatic heterocycles. The van der Waals surface area contributed by atoms with Crippen LogP contribution in [0.3, 0.4) is 0 Å². The maximum atomic E-state index is 14.3. The van der Waals surface area contributed by atoms with E-state index in [0.29, 0.717) is 0 Å². The number of nitrogens with one attached hydrogen (secondary N) is 1. The van der Waals surface area contributed by atoms with Gasteiger partial charge in [0.1, 0.15) is 0 Å². The summed E-state index contributed by atoms with van der Waals surface area (Å²) < 4.78 is 11.7. The molecule has 0 radical (unpaired) electrons. The number of amides is 1. The first-order chi connectivity index (χ1) is 17.6. The molecule has 5 rings (SSSR count). The summed E-state index contributed by atoms with van der Waals surface area (Å²) in [6, 6.07) is 27.8. The van der Waals surface area contributed by atoms with Gasteiger partial charge in [-0.25, -0.2) is 0 Å². The number of benzene rings is 3. The Morgan fingerprint density at radius 3 is 2.22 bits per heavy atom. The molecule has 2 heterocycles. The summed E-state index contributed by atoms with van der Waals surface area (Å²) in [6.07, 6.45) is -0.402. The first-order valence-electron chi connectivity index (χ1n) is 12.3. The summed E-state index contributed by atoms with van der Waals surface area (Å²) in [5, 5.41) is 0. The molecule has 2 saturated heterocycles. The molecule has 2 aliphatic heterocycles. The monoisotopic (exact) mass is 486 g/mol. The molecule has 0 bridgehead atoms. The number of carbonyl (C=O) groups excluding carboxylic acids is 2. The number of rotatable bonds is 9. The second-order valence-electron chi connectivity index (χ2n) is 9.10. The van der Waals surface area contributed by atoms with E-state index in [1.807, 2.05) is 91.0 Å². The molecule has 1 unspecified atom stereocenters. The molecule has 0 spiro atoms. The number of hydrogen-bond donors (Lipinski definition) is 1. The first-order valence-corrected chi connectivity index (χ1v) is 12.3. The number of hydrogen-bond acceptors (Lipinski definition) is 6. The van der Waals surface area contributed by atoms with Gasteiger partial charge in [0.25, 0.3) is 0 Å². The van der Waals surface area contributed by atoms with Crippen LogP contribution in [0.4, 0.5) is 0 Å². The molecule has 7 heteroatoms. The van der Waals surface area contributed by atoms with Crippen molar-refractivity contribution in [3.05, 3.63) is 108 Å². The standard InChI is InChI=1S/C29H30N2O5/c1-2-34-28(33)29(18-21-12-6-3-7-13-21)25(30-36-19-22-14-8-4-9-15-22)24-20-35-26(31(24)27(29)32)23-16-10-5-11-17-23/h3-17,24-26,30H,2,18-20H2,1H3/t24-,25-,26-,29?/m1/s1. The largest absolute Gasteiger partial charge is 0.465 e. The average molecular weight is 487 g/mol. The predicted octanol–water partition coefficient (Wildman–Crippen LogP) is 3.81. The third-order valence-corrected chi connectivity index (χ3v) is 6.91. The Kier molecular flexibility index (Phi) is 7.13. The number of nitrogens with zero attached hydrogens (tertiary/aromatic N) is 1. The van der Waals surface area contributed by atoms with Crippen LogP contribution in [0.15, 0.2) is 91.0 Å². The molecule has 1 amide bonds. The van der Waals surface area contributed by atoms with Crippen molar-refractivity contribution in [1.82, 2.24) is 10.4 Å². The van der Waals surface area contributed by atoms with Crippen molar-refractivity contribution in [2.24, 2.45) is 5.41 Å². The lowest BCUT2D eigenvalue weighted by Gasteiger charge is -2.32. The van der Waals surface area contributed by atoms with Crippen LogP contribution >= 0.6 is 0 Å². The van der Waals surface area contributed by atoms with Crippen LogP contribution in [0, 0.1) is 5.41 Å². The van der Waals surface area contributed by atoms with Crippen molar-refractivity contribution in [2.45, 2.75) is 38.3 Å². The second-order valence-corrected chi connectivity index (χ2v) is 9.10. The molecule has 3 aromatic rings. The summed E-state index contributed by atoms with van der Waals surface area (Å²) in [6.45, 7) is 2.47. The van der Waals surface area contributed by atoms with Crippen LogP contribution in [-0.2, 0) is 36.9 Å². The highest BCUT2D eigenvalue weighted by molar-refractivity contribution is 6.06. The summed E-state index contributed by atoms with van der Waals surface area (Å²) in [7, 11) is 0. The third kappa shape index (κ3) is 4.41. The fourth-order valence-corrected chi connectivity index (χ4v) is 5.22. The fraction of sp³-hybridized carbons (Fsp3) is 0.310. The second kappa shape index (κ2) is 10.6. The van der Waals surface area contributed by atoms with Crippen molar-refractivity contribution in [2.75, 3.05) is 13.2 Å². The molecule has 2 aliphatic rings. The van der Waals surface area contributed by atoms with Gasteiger partial charge in [0.05, 0.1) is 31.9 Å². The van der Waals surface area contributed by atoms with E-state index >= 15 is 0 Å². The summed E-state index contributed by atoms with van der Waals surface area (Å²) in [5.74, 6) is -0.872. The van der Waals surface area contributed by atoms with Crippen molar-refractivity contribution >= 4 is 11.9 Å². The highest BCUT2D eigenvalue weighted by Crippen LogP contribution is 2.48. The van der Waals surface area contributed by atoms with Gasteiger partial charge in [-0.1, -0.05) is 91.0 Å². The van der Waals surface area contributed by atoms with E-state index in [1.54, 1.807) is 11.8 Å². The smallest absolute Gasteiger partial charge is 0.323 e. The molecule has 2 fully saturated rings. The fourth-order valence-electron chi connectivity index (χ4n) is 5.22. The van der Waals surface area contributed by atoms with Gasteiger partial charge >= 0.3 is 5.97 Å². The zero-order valence-corrected chi connectivity index (χ0v) is 20.2. The van der Waals surface area contributed by atoms with Crippen LogP contribution in [0.5, 0.6) is 0 Å². The maximum absolute atomic E-state index is 14.3. The van der Waals surface area contributed by atoms with Gasteiger partial charge in [0.15, 0.2) is 11.6 Å². The lowest BCUT2D eigenvalue weighted by molar-refractivity contribution is -0.167. The zero-order valence-electron chi connectivity index (χ0n) is 20.2. The van der Waals surface area contributed by atoms with Crippen molar-refractivity contribution in [1.29, 1.82) is 0 Å². The van der Waals surface area contributed by atoms with Gasteiger partial charge in [-0.15, -0.1) is 0 Å². The summed E-state index contributed by atoms with van der Waals surface area (Å²) in [5.41, 5.74) is 4.31. The number of carbonyl (C=O) groups is 2. The highest BCUT2D eigenvalue weighted by atomic mass is 16.6. The van der Waals surface area contributed by atoms with E-state index in [1.165, 1.54) is 0 Å². The Hall–Kier alpha value is -3.52. The molecule has 186 valence electrons. The Balaban J connectivity index is 1.52. The quantitative estimate of drug-likeness (QED) is 0.282. The minimum absolute atomic E-state index is 0.170. The minimum atomic E-state index is -1.50. The van der Waals surface area contributed by atoms with E-state index in [2.05, 4.69) is 5.48 Å². The number of hydroxylamine groups is 1. The van der Waals surface area contributed by atoms with E-state index in [4.69, 9.17) is 14.3 Å². The van der Waals surface area contributed by atoms with E-state index < -0.39 is 29.7 Å². The lowest BCUT2D eigenvalue weighted by Crippen LogP contribution is -2.56. The SMILES string of the molecule is CCOC(=O)C1(Cc2ccccc2)C(=O)N2[C@@H](c3ccccc3)OC[C@@H]2[C@H]1NOCc1ccccc1. The summed E-state index contributed by atoms with van der Waals surface area (Å²) in [4.78, 5) is 35.6. The van der Waals surface area contributed by atoms with Crippen LogP contribution in [-0.4, -0.2) is 42.1 Å². The predicted molar refractivity (Wildman–Crippen MR) is 133 cm³/mol. The van der Waals surface area contributed by atoms with Gasteiger partial charge in [-0.05, 0) is 24.5 Å². The molecule has 3 aromatic carbocycles. The summed E-state index contributed by atoms with van der Waals surface area (Å²) >= 11 is 0. The minimum Gasteiger partial charge on any atom is -0.465 e. The molecule has 7 nitrogen and oxygen atoms in total. The van der Waals surface area contributed by atoms with Crippen LogP contribution < -0.4 is 5.48 Å². The Morgan fingerprint density at radius 1 is 0.972 bits per heavy atom. The van der Waals surface area contributed by atoms with Gasteiger partial charge in [-0.3, -0.25) is 14.4 Å². The number of esters is 1.